The summed E-state index contributed by atoms with van der Waals surface area (Å²) in [5, 5.41) is 7.44. The fourth-order valence-electron chi connectivity index (χ4n) is 4.33. The maximum atomic E-state index is 13.4. The van der Waals surface area contributed by atoms with Crippen molar-refractivity contribution < 1.29 is 9.53 Å². The Morgan fingerprint density at radius 1 is 1.12 bits per heavy atom. The lowest BCUT2D eigenvalue weighted by Crippen LogP contribution is -2.35. The van der Waals surface area contributed by atoms with E-state index >= 15 is 0 Å². The minimum atomic E-state index is -0.321. The Morgan fingerprint density at radius 3 is 2.56 bits per heavy atom. The highest BCUT2D eigenvalue weighted by atomic mass is 16.5. The Bertz CT molecular complexity index is 1360. The first-order valence-electron chi connectivity index (χ1n) is 11.6. The van der Waals surface area contributed by atoms with Gasteiger partial charge in [-0.15, -0.1) is 5.10 Å². The molecule has 1 atom stereocenters. The molecule has 1 unspecified atom stereocenters. The van der Waals surface area contributed by atoms with Crippen LogP contribution in [0.1, 0.15) is 29.7 Å². The molecule has 1 aliphatic rings. The van der Waals surface area contributed by atoms with Gasteiger partial charge in [-0.3, -0.25) is 9.59 Å². The summed E-state index contributed by atoms with van der Waals surface area (Å²) in [6.07, 6.45) is 1.97. The van der Waals surface area contributed by atoms with Crippen LogP contribution in [0, 0.1) is 6.92 Å². The molecule has 0 spiro atoms. The van der Waals surface area contributed by atoms with Gasteiger partial charge in [-0.25, -0.2) is 0 Å². The topological polar surface area (TPSA) is 90.5 Å². The van der Waals surface area contributed by atoms with Gasteiger partial charge >= 0.3 is 0 Å². The highest BCUT2D eigenvalue weighted by molar-refractivity contribution is 5.78. The van der Waals surface area contributed by atoms with Crippen LogP contribution in [0.15, 0.2) is 65.5 Å². The van der Waals surface area contributed by atoms with Gasteiger partial charge in [-0.1, -0.05) is 60.7 Å². The van der Waals surface area contributed by atoms with Crippen molar-refractivity contribution in [3.8, 4) is 11.4 Å². The van der Waals surface area contributed by atoms with Crippen molar-refractivity contribution in [3.63, 3.8) is 0 Å². The van der Waals surface area contributed by atoms with Gasteiger partial charge in [0, 0.05) is 30.0 Å². The summed E-state index contributed by atoms with van der Waals surface area (Å²) < 4.78 is 8.86. The second-order valence-corrected chi connectivity index (χ2v) is 8.57. The zero-order valence-corrected chi connectivity index (χ0v) is 19.1. The van der Waals surface area contributed by atoms with Gasteiger partial charge in [0.15, 0.2) is 5.82 Å². The molecule has 3 heterocycles. The lowest BCUT2D eigenvalue weighted by Gasteiger charge is -2.16. The number of hydrogen-bond donors (Lipinski definition) is 1. The maximum absolute atomic E-state index is 13.4. The monoisotopic (exact) mass is 457 g/mol. The van der Waals surface area contributed by atoms with E-state index in [4.69, 9.17) is 9.72 Å². The molecule has 34 heavy (non-hydrogen) atoms. The summed E-state index contributed by atoms with van der Waals surface area (Å²) >= 11 is 0. The molecular weight excluding hydrogens is 430 g/mol. The minimum absolute atomic E-state index is 0.0252. The smallest absolute Gasteiger partial charge is 0.279 e. The van der Waals surface area contributed by atoms with Crippen molar-refractivity contribution in [1.82, 2.24) is 24.5 Å². The van der Waals surface area contributed by atoms with E-state index in [2.05, 4.69) is 10.4 Å². The maximum Gasteiger partial charge on any atom is 0.279 e. The number of hydrogen-bond acceptors (Lipinski definition) is 5. The first kappa shape index (κ1) is 22.0. The van der Waals surface area contributed by atoms with Crippen LogP contribution in [0.3, 0.4) is 0 Å². The minimum Gasteiger partial charge on any atom is -0.376 e. The molecule has 0 radical (unpaired) electrons. The van der Waals surface area contributed by atoms with Crippen molar-refractivity contribution in [2.75, 3.05) is 13.2 Å². The van der Waals surface area contributed by atoms with Gasteiger partial charge in [-0.05, 0) is 25.3 Å². The molecule has 0 saturated carbocycles. The van der Waals surface area contributed by atoms with E-state index in [9.17, 15) is 9.59 Å². The van der Waals surface area contributed by atoms with Crippen LogP contribution in [0.4, 0.5) is 0 Å². The molecule has 2 aromatic carbocycles. The van der Waals surface area contributed by atoms with E-state index < -0.39 is 0 Å². The molecule has 2 aromatic heterocycles. The van der Waals surface area contributed by atoms with Crippen LogP contribution in [0.2, 0.25) is 0 Å². The summed E-state index contributed by atoms with van der Waals surface area (Å²) in [6, 6.07) is 19.5. The third-order valence-corrected chi connectivity index (χ3v) is 6.23. The van der Waals surface area contributed by atoms with Gasteiger partial charge in [0.05, 0.1) is 19.1 Å². The lowest BCUT2D eigenvalue weighted by atomic mass is 10.1. The van der Waals surface area contributed by atoms with Crippen molar-refractivity contribution in [1.29, 1.82) is 0 Å². The van der Waals surface area contributed by atoms with E-state index in [1.54, 1.807) is 0 Å². The predicted octanol–water partition coefficient (Wildman–Crippen LogP) is 2.75. The molecule has 8 heteroatoms. The SMILES string of the molecule is Cc1c(CC(=O)NCC2CCCO2)c(=O)n2nc(-c3ccccc3)nc2n1Cc1ccccc1. The van der Waals surface area contributed by atoms with Crippen LogP contribution >= 0.6 is 0 Å². The molecule has 1 amide bonds. The summed E-state index contributed by atoms with van der Waals surface area (Å²) in [4.78, 5) is 30.9. The number of amides is 1. The Kier molecular flexibility index (Phi) is 6.22. The number of ether oxygens (including phenoxy) is 1. The number of fused-ring (bicyclic) bond motifs is 1. The van der Waals surface area contributed by atoms with E-state index in [1.807, 2.05) is 72.2 Å². The van der Waals surface area contributed by atoms with Gasteiger partial charge in [-0.2, -0.15) is 9.50 Å². The van der Waals surface area contributed by atoms with Crippen molar-refractivity contribution in [2.45, 2.75) is 38.8 Å². The number of aromatic nitrogens is 4. The highest BCUT2D eigenvalue weighted by Crippen LogP contribution is 2.18. The average Bonchev–Trinajstić information content (AvgIpc) is 3.55. The molecule has 5 rings (SSSR count). The molecule has 1 N–H and O–H groups in total. The first-order valence-corrected chi connectivity index (χ1v) is 11.6. The third-order valence-electron chi connectivity index (χ3n) is 6.23. The number of benzene rings is 2. The van der Waals surface area contributed by atoms with Crippen LogP contribution in [-0.2, 0) is 22.5 Å². The molecule has 174 valence electrons. The molecule has 0 aliphatic carbocycles. The van der Waals surface area contributed by atoms with Gasteiger partial charge in [0.1, 0.15) is 0 Å². The Balaban J connectivity index is 1.54. The highest BCUT2D eigenvalue weighted by Gasteiger charge is 2.22. The van der Waals surface area contributed by atoms with Crippen molar-refractivity contribution in [3.05, 3.63) is 87.8 Å². The predicted molar refractivity (Wildman–Crippen MR) is 129 cm³/mol. The van der Waals surface area contributed by atoms with Gasteiger partial charge < -0.3 is 14.6 Å². The first-order chi connectivity index (χ1) is 16.6. The quantitative estimate of drug-likeness (QED) is 0.461. The Morgan fingerprint density at radius 2 is 1.85 bits per heavy atom. The van der Waals surface area contributed by atoms with Crippen molar-refractivity contribution in [2.24, 2.45) is 0 Å². The second kappa shape index (κ2) is 9.61. The molecule has 4 aromatic rings. The van der Waals surface area contributed by atoms with Gasteiger partial charge in [0.25, 0.3) is 5.56 Å². The van der Waals surface area contributed by atoms with E-state index in [0.717, 1.165) is 30.6 Å². The fourth-order valence-corrected chi connectivity index (χ4v) is 4.33. The zero-order chi connectivity index (χ0) is 23.5. The summed E-state index contributed by atoms with van der Waals surface area (Å²) in [5.74, 6) is 0.720. The number of rotatable bonds is 7. The molecule has 1 fully saturated rings. The molecule has 0 bridgehead atoms. The van der Waals surface area contributed by atoms with Crippen molar-refractivity contribution >= 4 is 11.7 Å². The molecule has 1 aliphatic heterocycles. The van der Waals surface area contributed by atoms with Gasteiger partial charge in [0.2, 0.25) is 11.7 Å². The van der Waals surface area contributed by atoms with E-state index in [1.165, 1.54) is 4.52 Å². The largest absolute Gasteiger partial charge is 0.376 e. The van der Waals surface area contributed by atoms with Crippen LogP contribution in [-0.4, -0.2) is 44.3 Å². The second-order valence-electron chi connectivity index (χ2n) is 8.57. The average molecular weight is 458 g/mol. The standard InChI is InChI=1S/C26H27N5O3/c1-18-22(15-23(32)27-16-21-13-8-14-34-21)25(33)31-26(30(18)17-19-9-4-2-5-10-19)28-24(29-31)20-11-6-3-7-12-20/h2-7,9-12,21H,8,13-17H2,1H3,(H,27,32). The van der Waals surface area contributed by atoms with Crippen LogP contribution < -0.4 is 10.9 Å². The van der Waals surface area contributed by atoms with Crippen LogP contribution in [0.25, 0.3) is 17.2 Å². The fraction of sp³-hybridized carbons (Fsp3) is 0.308. The molecule has 1 saturated heterocycles. The normalized spacial score (nSPS) is 15.6. The number of carbonyl (C=O) groups is 1. The number of nitrogens with zero attached hydrogens (tertiary/aromatic N) is 4. The Hall–Kier alpha value is -3.78. The summed E-state index contributed by atoms with van der Waals surface area (Å²) in [7, 11) is 0. The lowest BCUT2D eigenvalue weighted by molar-refractivity contribution is -0.121. The Labute approximate surface area is 197 Å². The summed E-state index contributed by atoms with van der Waals surface area (Å²) in [5.41, 5.74) is 2.69. The zero-order valence-electron chi connectivity index (χ0n) is 19.1. The van der Waals surface area contributed by atoms with E-state index in [-0.39, 0.29) is 24.0 Å². The summed E-state index contributed by atoms with van der Waals surface area (Å²) in [6.45, 7) is 3.56. The third kappa shape index (κ3) is 4.49. The molecular formula is C26H27N5O3. The van der Waals surface area contributed by atoms with Crippen LogP contribution in [0.5, 0.6) is 0 Å². The number of nitrogens with one attached hydrogen (secondary N) is 1. The molecule has 8 nitrogen and oxygen atoms in total. The van der Waals surface area contributed by atoms with E-state index in [0.29, 0.717) is 35.9 Å². The number of carbonyl (C=O) groups excluding carboxylic acids is 1.